The van der Waals surface area contributed by atoms with Crippen molar-refractivity contribution in [2.75, 3.05) is 7.11 Å². The van der Waals surface area contributed by atoms with Crippen LogP contribution < -0.4 is 10.1 Å². The molecule has 1 atom stereocenters. The number of methoxy groups -OCH3 is 1. The van der Waals surface area contributed by atoms with Crippen molar-refractivity contribution in [2.45, 2.75) is 32.5 Å². The van der Waals surface area contributed by atoms with Gasteiger partial charge in [0.05, 0.1) is 13.5 Å². The van der Waals surface area contributed by atoms with Gasteiger partial charge >= 0.3 is 12.1 Å². The van der Waals surface area contributed by atoms with E-state index >= 15 is 0 Å². The standard InChI is InChI=1S/C14H16F3NO4/c1-7-4-9(5-8(2)11(7)22-3)12(19)18-10(13(20)21)6-14(15,16)17/h4-5,10H,6H2,1-3H3,(H,18,19)(H,20,21). The molecule has 5 nitrogen and oxygen atoms in total. The summed E-state index contributed by atoms with van der Waals surface area (Å²) in [6.45, 7) is 3.35. The average Bonchev–Trinajstić information content (AvgIpc) is 2.35. The highest BCUT2D eigenvalue weighted by Crippen LogP contribution is 2.25. The maximum atomic E-state index is 12.3. The zero-order valence-electron chi connectivity index (χ0n) is 12.2. The molecule has 0 spiro atoms. The normalized spacial score (nSPS) is 12.6. The number of amides is 1. The van der Waals surface area contributed by atoms with Crippen molar-refractivity contribution >= 4 is 11.9 Å². The topological polar surface area (TPSA) is 75.6 Å². The van der Waals surface area contributed by atoms with Crippen LogP contribution >= 0.6 is 0 Å². The molecule has 0 aliphatic heterocycles. The highest BCUT2D eigenvalue weighted by Gasteiger charge is 2.36. The molecule has 8 heteroatoms. The monoisotopic (exact) mass is 319 g/mol. The van der Waals surface area contributed by atoms with Crippen LogP contribution in [0, 0.1) is 13.8 Å². The van der Waals surface area contributed by atoms with Crippen molar-refractivity contribution in [3.05, 3.63) is 28.8 Å². The van der Waals surface area contributed by atoms with Gasteiger partial charge in [-0.15, -0.1) is 0 Å². The first kappa shape index (κ1) is 17.8. The Bertz CT molecular complexity index is 561. The summed E-state index contributed by atoms with van der Waals surface area (Å²) in [6, 6.07) is 0.816. The Morgan fingerprint density at radius 2 is 1.77 bits per heavy atom. The third-order valence-corrected chi connectivity index (χ3v) is 2.97. The number of carbonyl (C=O) groups is 2. The molecule has 0 bridgehead atoms. The van der Waals surface area contributed by atoms with Crippen LogP contribution in [-0.4, -0.2) is 36.3 Å². The Morgan fingerprint density at radius 3 is 2.14 bits per heavy atom. The molecule has 2 N–H and O–H groups in total. The Kier molecular flexibility index (Phi) is 5.40. The largest absolute Gasteiger partial charge is 0.496 e. The van der Waals surface area contributed by atoms with Crippen molar-refractivity contribution in [2.24, 2.45) is 0 Å². The highest BCUT2D eigenvalue weighted by atomic mass is 19.4. The molecule has 22 heavy (non-hydrogen) atoms. The van der Waals surface area contributed by atoms with E-state index in [2.05, 4.69) is 0 Å². The van der Waals surface area contributed by atoms with Crippen molar-refractivity contribution in [3.8, 4) is 5.75 Å². The third-order valence-electron chi connectivity index (χ3n) is 2.97. The lowest BCUT2D eigenvalue weighted by Crippen LogP contribution is -2.43. The van der Waals surface area contributed by atoms with Gasteiger partial charge in [-0.2, -0.15) is 13.2 Å². The zero-order chi connectivity index (χ0) is 17.1. The number of benzene rings is 1. The average molecular weight is 319 g/mol. The summed E-state index contributed by atoms with van der Waals surface area (Å²) in [5.41, 5.74) is 1.31. The van der Waals surface area contributed by atoms with Gasteiger partial charge in [0.25, 0.3) is 5.91 Å². The molecule has 0 saturated carbocycles. The molecule has 0 aliphatic carbocycles. The quantitative estimate of drug-likeness (QED) is 0.874. The van der Waals surface area contributed by atoms with Gasteiger partial charge in [0.1, 0.15) is 11.8 Å². The number of aryl methyl sites for hydroxylation is 2. The molecular formula is C14H16F3NO4. The molecule has 0 aromatic heterocycles. The van der Waals surface area contributed by atoms with E-state index < -0.39 is 30.5 Å². The first-order valence-electron chi connectivity index (χ1n) is 6.31. The second-order valence-corrected chi connectivity index (χ2v) is 4.83. The van der Waals surface area contributed by atoms with Crippen molar-refractivity contribution in [1.82, 2.24) is 5.32 Å². The second kappa shape index (κ2) is 6.67. The Labute approximate surface area is 125 Å². The lowest BCUT2D eigenvalue weighted by Gasteiger charge is -2.17. The minimum Gasteiger partial charge on any atom is -0.496 e. The maximum absolute atomic E-state index is 12.3. The van der Waals surface area contributed by atoms with E-state index in [0.717, 1.165) is 0 Å². The predicted octanol–water partition coefficient (Wildman–Crippen LogP) is 2.45. The first-order valence-corrected chi connectivity index (χ1v) is 6.31. The Morgan fingerprint density at radius 1 is 1.27 bits per heavy atom. The van der Waals surface area contributed by atoms with Crippen molar-refractivity contribution in [1.29, 1.82) is 0 Å². The van der Waals surface area contributed by atoms with Gasteiger partial charge in [0.2, 0.25) is 0 Å². The molecule has 1 aromatic rings. The molecule has 1 unspecified atom stereocenters. The van der Waals surface area contributed by atoms with Crippen LogP contribution in [0.3, 0.4) is 0 Å². The van der Waals surface area contributed by atoms with Crippen molar-refractivity contribution in [3.63, 3.8) is 0 Å². The molecule has 0 heterocycles. The van der Waals surface area contributed by atoms with Gasteiger partial charge < -0.3 is 15.2 Å². The molecule has 0 saturated heterocycles. The summed E-state index contributed by atoms with van der Waals surface area (Å²) in [5, 5.41) is 10.7. The molecule has 1 aromatic carbocycles. The fraction of sp³-hybridized carbons (Fsp3) is 0.429. The van der Waals surface area contributed by atoms with E-state index in [4.69, 9.17) is 9.84 Å². The molecule has 1 amide bonds. The van der Waals surface area contributed by atoms with Gasteiger partial charge in [0.15, 0.2) is 0 Å². The molecule has 0 aliphatic rings. The SMILES string of the molecule is COc1c(C)cc(C(=O)NC(CC(F)(F)F)C(=O)O)cc1C. The number of alkyl halides is 3. The van der Waals surface area contributed by atoms with E-state index in [1.807, 2.05) is 5.32 Å². The summed E-state index contributed by atoms with van der Waals surface area (Å²) in [7, 11) is 1.46. The minimum atomic E-state index is -4.69. The molecule has 0 radical (unpaired) electrons. The minimum absolute atomic E-state index is 0.0734. The van der Waals surface area contributed by atoms with E-state index in [9.17, 15) is 22.8 Å². The lowest BCUT2D eigenvalue weighted by molar-refractivity contribution is -0.157. The number of carboxylic acids is 1. The van der Waals surface area contributed by atoms with Crippen LogP contribution in [0.25, 0.3) is 0 Å². The number of halogens is 3. The lowest BCUT2D eigenvalue weighted by atomic mass is 10.0. The fourth-order valence-electron chi connectivity index (χ4n) is 2.08. The van der Waals surface area contributed by atoms with Gasteiger partial charge in [-0.3, -0.25) is 4.79 Å². The number of ether oxygens (including phenoxy) is 1. The van der Waals surface area contributed by atoms with Crippen molar-refractivity contribution < 1.29 is 32.6 Å². The van der Waals surface area contributed by atoms with Crippen LogP contribution in [0.5, 0.6) is 5.75 Å². The number of rotatable bonds is 5. The van der Waals surface area contributed by atoms with Crippen LogP contribution in [0.1, 0.15) is 27.9 Å². The number of aliphatic carboxylic acids is 1. The van der Waals surface area contributed by atoms with E-state index in [-0.39, 0.29) is 5.56 Å². The van der Waals surface area contributed by atoms with Gasteiger partial charge in [0, 0.05) is 5.56 Å². The van der Waals surface area contributed by atoms with Crippen LogP contribution in [0.2, 0.25) is 0 Å². The summed E-state index contributed by atoms with van der Waals surface area (Å²) >= 11 is 0. The van der Waals surface area contributed by atoms with Gasteiger partial charge in [-0.25, -0.2) is 4.79 Å². The molecule has 122 valence electrons. The third kappa shape index (κ3) is 4.64. The van der Waals surface area contributed by atoms with Crippen LogP contribution in [0.15, 0.2) is 12.1 Å². The summed E-state index contributed by atoms with van der Waals surface area (Å²) < 4.78 is 42.1. The number of nitrogens with one attached hydrogen (secondary N) is 1. The zero-order valence-corrected chi connectivity index (χ0v) is 12.2. The molecule has 1 rings (SSSR count). The number of hydrogen-bond donors (Lipinski definition) is 2. The second-order valence-electron chi connectivity index (χ2n) is 4.83. The number of hydrogen-bond acceptors (Lipinski definition) is 3. The summed E-state index contributed by atoms with van der Waals surface area (Å²) in [5.74, 6) is -2.07. The fourth-order valence-corrected chi connectivity index (χ4v) is 2.08. The number of carbonyl (C=O) groups excluding carboxylic acids is 1. The Hall–Kier alpha value is -2.25. The molecule has 0 fully saturated rings. The van der Waals surface area contributed by atoms with E-state index in [1.54, 1.807) is 13.8 Å². The van der Waals surface area contributed by atoms with Gasteiger partial charge in [-0.05, 0) is 37.1 Å². The summed E-state index contributed by atoms with van der Waals surface area (Å²) in [6.07, 6.45) is -6.33. The van der Waals surface area contributed by atoms with E-state index in [0.29, 0.717) is 16.9 Å². The van der Waals surface area contributed by atoms with E-state index in [1.165, 1.54) is 19.2 Å². The highest BCUT2D eigenvalue weighted by molar-refractivity contribution is 5.97. The first-order chi connectivity index (χ1) is 10.0. The Balaban J connectivity index is 2.98. The molecular weight excluding hydrogens is 303 g/mol. The van der Waals surface area contributed by atoms with Crippen LogP contribution in [0.4, 0.5) is 13.2 Å². The van der Waals surface area contributed by atoms with Gasteiger partial charge in [-0.1, -0.05) is 0 Å². The maximum Gasteiger partial charge on any atom is 0.391 e. The van der Waals surface area contributed by atoms with Crippen LogP contribution in [-0.2, 0) is 4.79 Å². The summed E-state index contributed by atoms with van der Waals surface area (Å²) in [4.78, 5) is 22.8. The number of carboxylic acid groups (broad SMARTS) is 1. The smallest absolute Gasteiger partial charge is 0.391 e. The predicted molar refractivity (Wildman–Crippen MR) is 72.0 cm³/mol.